The van der Waals surface area contributed by atoms with Crippen LogP contribution in [-0.2, 0) is 22.4 Å². The second-order valence-corrected chi connectivity index (χ2v) is 20.4. The summed E-state index contributed by atoms with van der Waals surface area (Å²) in [5.74, 6) is -0.415. The molecule has 1 unspecified atom stereocenters. The van der Waals surface area contributed by atoms with Crippen LogP contribution in [0.3, 0.4) is 0 Å². The smallest absolute Gasteiger partial charge is 1.00 e. The van der Waals surface area contributed by atoms with Crippen molar-refractivity contribution in [2.75, 3.05) is 0 Å². The molecule has 3 rings (SSSR count). The molecule has 0 saturated heterocycles. The van der Waals surface area contributed by atoms with Crippen molar-refractivity contribution in [1.29, 1.82) is 0 Å². The van der Waals surface area contributed by atoms with Crippen LogP contribution < -0.4 is 48.0 Å². The van der Waals surface area contributed by atoms with Crippen LogP contribution in [0.5, 0.6) is 0 Å². The maximum atomic E-state index is 2.52. The van der Waals surface area contributed by atoms with Gasteiger partial charge in [-0.15, -0.1) is 0 Å². The minimum atomic E-state index is -0.415. The molecule has 108 valence electrons. The summed E-state index contributed by atoms with van der Waals surface area (Å²) >= 11 is -0.313. The van der Waals surface area contributed by atoms with E-state index in [9.17, 15) is 0 Å². The number of hydrogen-bond donors (Lipinski definition) is 0. The number of rotatable bonds is 3. The maximum Gasteiger partial charge on any atom is -1.00 e. The number of allylic oxidation sites excluding steroid dienone is 1. The maximum absolute atomic E-state index is 2.52. The van der Waals surface area contributed by atoms with Crippen molar-refractivity contribution in [2.24, 2.45) is 0 Å². The third-order valence-electron chi connectivity index (χ3n) is 3.54. The monoisotopic (exact) mass is 594 g/mol. The molecule has 0 heterocycles. The molecule has 1 atom stereocenters. The summed E-state index contributed by atoms with van der Waals surface area (Å²) in [7, 11) is 0. The molecule has 0 saturated carbocycles. The molecule has 0 bridgehead atoms. The van der Waals surface area contributed by atoms with Gasteiger partial charge < -0.3 is 48.0 Å². The Labute approximate surface area is 174 Å². The Morgan fingerprint density at radius 3 is 2.14 bits per heavy atom. The van der Waals surface area contributed by atoms with E-state index in [1.807, 2.05) is 0 Å². The van der Waals surface area contributed by atoms with E-state index in [2.05, 4.69) is 73.8 Å². The van der Waals surface area contributed by atoms with Crippen molar-refractivity contribution in [3.63, 3.8) is 0 Å². The average Bonchev–Trinajstić information content (AvgIpc) is 2.78. The summed E-state index contributed by atoms with van der Waals surface area (Å²) in [5, 5.41) is 0. The zero-order valence-corrected chi connectivity index (χ0v) is 20.1. The van der Waals surface area contributed by atoms with Gasteiger partial charge in [-0.2, -0.15) is 0 Å². The molecular formula is C17H18I2SiZr. The van der Waals surface area contributed by atoms with Gasteiger partial charge in [-0.05, 0) is 0 Å². The van der Waals surface area contributed by atoms with Crippen molar-refractivity contribution < 1.29 is 70.3 Å². The van der Waals surface area contributed by atoms with Crippen LogP contribution in [-0.4, -0.2) is 5.92 Å². The van der Waals surface area contributed by atoms with Gasteiger partial charge in [-0.3, -0.25) is 0 Å². The summed E-state index contributed by atoms with van der Waals surface area (Å²) in [4.78, 5) is 0. The Hall–Kier alpha value is 0.740. The first kappa shape index (κ1) is 19.8. The summed E-state index contributed by atoms with van der Waals surface area (Å²) < 4.78 is 0.786. The molecule has 2 aromatic carbocycles. The molecule has 21 heavy (non-hydrogen) atoms. The Kier molecular flexibility index (Phi) is 8.61. The molecule has 1 aliphatic rings. The quantitative estimate of drug-likeness (QED) is 0.295. The minimum Gasteiger partial charge on any atom is -1.00 e. The van der Waals surface area contributed by atoms with Crippen molar-refractivity contribution in [3.8, 4) is 0 Å². The predicted molar refractivity (Wildman–Crippen MR) is 82.4 cm³/mol. The standard InChI is InChI=1S/C15H11.C2H7Si.2HI.Zr/c1-2-6-12(7-3-1)15-10-13-8-4-5-9-14(13)11-15;1-3-2;;;/h1-11H;3H,1-2H3;2*1H;/q;;;;+2/p-2. The van der Waals surface area contributed by atoms with Crippen molar-refractivity contribution in [2.45, 2.75) is 16.7 Å². The van der Waals surface area contributed by atoms with E-state index >= 15 is 0 Å². The van der Waals surface area contributed by atoms with Gasteiger partial charge in [-0.25, -0.2) is 0 Å². The van der Waals surface area contributed by atoms with Crippen LogP contribution in [0.2, 0.25) is 13.1 Å². The molecule has 0 nitrogen and oxygen atoms in total. The zero-order chi connectivity index (χ0) is 13.2. The fraction of sp³-hybridized carbons (Fsp3) is 0.176. The van der Waals surface area contributed by atoms with Crippen molar-refractivity contribution >= 4 is 17.6 Å². The molecule has 0 amide bonds. The topological polar surface area (TPSA) is 0 Å². The van der Waals surface area contributed by atoms with Gasteiger partial charge >= 0.3 is 128 Å². The van der Waals surface area contributed by atoms with E-state index < -0.39 is 5.92 Å². The molecule has 4 heteroatoms. The SMILES string of the molecule is C[SiH](C)[Zr+2][CH]1C(c2ccccc2)=Cc2ccccc21.[I-].[I-]. The van der Waals surface area contributed by atoms with Gasteiger partial charge in [0, 0.05) is 0 Å². The van der Waals surface area contributed by atoms with Crippen molar-refractivity contribution in [3.05, 3.63) is 71.3 Å². The van der Waals surface area contributed by atoms with Crippen LogP contribution in [0.1, 0.15) is 20.3 Å². The predicted octanol–water partition coefficient (Wildman–Crippen LogP) is -1.64. The van der Waals surface area contributed by atoms with Gasteiger partial charge in [0.05, 0.1) is 0 Å². The molecular weight excluding hydrogens is 577 g/mol. The Morgan fingerprint density at radius 2 is 1.48 bits per heavy atom. The molecule has 0 N–H and O–H groups in total. The van der Waals surface area contributed by atoms with Crippen LogP contribution >= 0.6 is 0 Å². The van der Waals surface area contributed by atoms with E-state index in [4.69, 9.17) is 0 Å². The van der Waals surface area contributed by atoms with E-state index in [0.29, 0.717) is 0 Å². The van der Waals surface area contributed by atoms with Crippen LogP contribution in [0.15, 0.2) is 54.6 Å². The van der Waals surface area contributed by atoms with E-state index in [1.165, 1.54) is 11.1 Å². The first-order chi connectivity index (χ1) is 9.25. The van der Waals surface area contributed by atoms with Crippen molar-refractivity contribution in [1.82, 2.24) is 0 Å². The van der Waals surface area contributed by atoms with Gasteiger partial charge in [0.2, 0.25) is 0 Å². The van der Waals surface area contributed by atoms with Crippen LogP contribution in [0.4, 0.5) is 0 Å². The first-order valence-electron chi connectivity index (χ1n) is 6.87. The molecule has 0 spiro atoms. The normalized spacial score (nSPS) is 15.4. The molecule has 0 radical (unpaired) electrons. The first-order valence-corrected chi connectivity index (χ1v) is 15.4. The third-order valence-corrected chi connectivity index (χ3v) is 13.4. The van der Waals surface area contributed by atoms with E-state index in [1.54, 1.807) is 11.1 Å². The Morgan fingerprint density at radius 1 is 0.857 bits per heavy atom. The van der Waals surface area contributed by atoms with Gasteiger partial charge in [0.1, 0.15) is 0 Å². The fourth-order valence-corrected chi connectivity index (χ4v) is 12.6. The van der Waals surface area contributed by atoms with Gasteiger partial charge in [0.15, 0.2) is 0 Å². The van der Waals surface area contributed by atoms with E-state index in [0.717, 1.165) is 3.63 Å². The zero-order valence-electron chi connectivity index (χ0n) is 12.2. The number of benzene rings is 2. The second kappa shape index (κ2) is 9.14. The molecule has 0 aliphatic heterocycles. The van der Waals surface area contributed by atoms with E-state index in [-0.39, 0.29) is 70.3 Å². The number of fused-ring (bicyclic) bond motifs is 1. The summed E-state index contributed by atoms with van der Waals surface area (Å²) in [6, 6.07) is 20.0. The number of halogens is 2. The van der Waals surface area contributed by atoms with Crippen LogP contribution in [0, 0.1) is 0 Å². The number of hydrogen-bond acceptors (Lipinski definition) is 0. The summed E-state index contributed by atoms with van der Waals surface area (Å²) in [6.07, 6.45) is 2.44. The van der Waals surface area contributed by atoms with Crippen LogP contribution in [0.25, 0.3) is 11.6 Å². The largest absolute Gasteiger partial charge is 1.00 e. The summed E-state index contributed by atoms with van der Waals surface area (Å²) in [6.45, 7) is 5.05. The molecule has 0 aromatic heterocycles. The third kappa shape index (κ3) is 4.61. The van der Waals surface area contributed by atoms with Gasteiger partial charge in [-0.1, -0.05) is 0 Å². The van der Waals surface area contributed by atoms with Gasteiger partial charge in [0.25, 0.3) is 0 Å². The Balaban J connectivity index is 0.00000110. The second-order valence-electron chi connectivity index (χ2n) is 5.35. The fourth-order valence-electron chi connectivity index (χ4n) is 2.72. The molecule has 1 aliphatic carbocycles. The molecule has 0 fully saturated rings. The summed E-state index contributed by atoms with van der Waals surface area (Å²) in [5.41, 5.74) is 6.09. The average molecular weight is 595 g/mol. The minimum absolute atomic E-state index is 0. The Bertz CT molecular complexity index is 611. The molecule has 2 aromatic rings.